The van der Waals surface area contributed by atoms with E-state index in [1.807, 2.05) is 31.2 Å². The Bertz CT molecular complexity index is 604. The van der Waals surface area contributed by atoms with Crippen molar-refractivity contribution in [2.24, 2.45) is 0 Å². The van der Waals surface area contributed by atoms with Crippen LogP contribution in [0.2, 0.25) is 0 Å². The molecular weight excluding hydrogens is 232 g/mol. The zero-order chi connectivity index (χ0) is 13.3. The summed E-state index contributed by atoms with van der Waals surface area (Å²) < 4.78 is 1.46. The average molecular weight is 246 g/mol. The lowest BCUT2D eigenvalue weighted by Gasteiger charge is -2.05. The van der Waals surface area contributed by atoms with Crippen LogP contribution in [0.3, 0.4) is 0 Å². The van der Waals surface area contributed by atoms with E-state index in [1.165, 1.54) is 4.68 Å². The van der Waals surface area contributed by atoms with Crippen molar-refractivity contribution in [1.29, 1.82) is 0 Å². The second kappa shape index (κ2) is 4.40. The number of anilines is 2. The molecule has 0 amide bonds. The van der Waals surface area contributed by atoms with E-state index in [0.717, 1.165) is 11.3 Å². The fraction of sp³-hybridized carbons (Fsp3) is 0.167. The normalized spacial score (nSPS) is 10.5. The van der Waals surface area contributed by atoms with Crippen molar-refractivity contribution in [3.8, 4) is 5.69 Å². The number of benzene rings is 1. The van der Waals surface area contributed by atoms with Crippen molar-refractivity contribution in [3.05, 3.63) is 35.4 Å². The number of hydrogen-bond donors (Lipinski definition) is 3. The molecule has 18 heavy (non-hydrogen) atoms. The molecule has 0 saturated heterocycles. The van der Waals surface area contributed by atoms with Gasteiger partial charge in [0, 0.05) is 5.56 Å². The molecule has 1 aromatic carbocycles. The van der Waals surface area contributed by atoms with Crippen molar-refractivity contribution in [1.82, 2.24) is 9.78 Å². The van der Waals surface area contributed by atoms with Crippen molar-refractivity contribution in [2.75, 3.05) is 11.5 Å². The minimum absolute atomic E-state index is 0.149. The highest BCUT2D eigenvalue weighted by atomic mass is 16.4. The van der Waals surface area contributed by atoms with Gasteiger partial charge in [-0.15, -0.1) is 5.10 Å². The van der Waals surface area contributed by atoms with Gasteiger partial charge in [-0.25, -0.2) is 4.68 Å². The van der Waals surface area contributed by atoms with Crippen LogP contribution in [0.4, 0.5) is 11.6 Å². The number of carboxylic acid groups (broad SMARTS) is 1. The van der Waals surface area contributed by atoms with E-state index >= 15 is 0 Å². The predicted molar refractivity (Wildman–Crippen MR) is 68.5 cm³/mol. The fourth-order valence-electron chi connectivity index (χ4n) is 1.77. The van der Waals surface area contributed by atoms with Gasteiger partial charge in [0.05, 0.1) is 12.1 Å². The smallest absolute Gasteiger partial charge is 0.308 e. The van der Waals surface area contributed by atoms with Crippen LogP contribution in [0.15, 0.2) is 24.3 Å². The molecule has 5 N–H and O–H groups in total. The number of rotatable bonds is 3. The topological polar surface area (TPSA) is 107 Å². The Morgan fingerprint density at radius 2 is 2.17 bits per heavy atom. The Kier molecular flexibility index (Phi) is 2.93. The molecule has 0 unspecified atom stereocenters. The number of aromatic nitrogens is 2. The molecule has 0 radical (unpaired) electrons. The van der Waals surface area contributed by atoms with Gasteiger partial charge in [0.15, 0.2) is 5.82 Å². The SMILES string of the molecule is Cc1cccc(-n2nc(N)c(CC(=O)O)c2N)c1. The highest BCUT2D eigenvalue weighted by Crippen LogP contribution is 2.23. The molecule has 0 atom stereocenters. The first-order chi connectivity index (χ1) is 8.49. The first-order valence-corrected chi connectivity index (χ1v) is 5.40. The number of carboxylic acids is 1. The number of aryl methyl sites for hydroxylation is 1. The monoisotopic (exact) mass is 246 g/mol. The van der Waals surface area contributed by atoms with Crippen molar-refractivity contribution < 1.29 is 9.90 Å². The summed E-state index contributed by atoms with van der Waals surface area (Å²) in [6.07, 6.45) is -0.233. The number of nitrogen functional groups attached to an aromatic ring is 2. The quantitative estimate of drug-likeness (QED) is 0.748. The molecule has 0 aliphatic heterocycles. The summed E-state index contributed by atoms with van der Waals surface area (Å²) in [6.45, 7) is 1.95. The summed E-state index contributed by atoms with van der Waals surface area (Å²) >= 11 is 0. The Balaban J connectivity index is 2.50. The second-order valence-electron chi connectivity index (χ2n) is 4.07. The van der Waals surface area contributed by atoms with Gasteiger partial charge in [-0.2, -0.15) is 0 Å². The van der Waals surface area contributed by atoms with Crippen LogP contribution in [0.1, 0.15) is 11.1 Å². The van der Waals surface area contributed by atoms with E-state index in [9.17, 15) is 4.79 Å². The maximum atomic E-state index is 10.7. The first kappa shape index (κ1) is 12.0. The molecule has 6 heteroatoms. The summed E-state index contributed by atoms with van der Waals surface area (Å²) in [5, 5.41) is 12.9. The number of nitrogens with two attached hydrogens (primary N) is 2. The second-order valence-corrected chi connectivity index (χ2v) is 4.07. The van der Waals surface area contributed by atoms with Gasteiger partial charge in [0.25, 0.3) is 0 Å². The lowest BCUT2D eigenvalue weighted by Crippen LogP contribution is -2.06. The van der Waals surface area contributed by atoms with Gasteiger partial charge < -0.3 is 16.6 Å². The van der Waals surface area contributed by atoms with E-state index < -0.39 is 5.97 Å². The number of hydrogen-bond acceptors (Lipinski definition) is 4. The van der Waals surface area contributed by atoms with Crippen molar-refractivity contribution in [2.45, 2.75) is 13.3 Å². The Hall–Kier alpha value is -2.50. The van der Waals surface area contributed by atoms with Gasteiger partial charge in [-0.05, 0) is 24.6 Å². The standard InChI is InChI=1S/C12H14N4O2/c1-7-3-2-4-8(5-7)16-12(14)9(6-10(17)18)11(13)15-16/h2-5H,6,14H2,1H3,(H2,13,15)(H,17,18). The van der Waals surface area contributed by atoms with E-state index in [2.05, 4.69) is 5.10 Å². The van der Waals surface area contributed by atoms with E-state index in [0.29, 0.717) is 5.56 Å². The number of nitrogens with zero attached hydrogens (tertiary/aromatic N) is 2. The third-order valence-electron chi connectivity index (χ3n) is 2.63. The van der Waals surface area contributed by atoms with Crippen LogP contribution in [-0.2, 0) is 11.2 Å². The zero-order valence-corrected chi connectivity index (χ0v) is 9.92. The zero-order valence-electron chi connectivity index (χ0n) is 9.92. The molecule has 1 heterocycles. The average Bonchev–Trinajstić information content (AvgIpc) is 2.56. The maximum absolute atomic E-state index is 10.7. The molecule has 2 aromatic rings. The van der Waals surface area contributed by atoms with E-state index in [1.54, 1.807) is 0 Å². The molecule has 0 aliphatic carbocycles. The van der Waals surface area contributed by atoms with Crippen LogP contribution < -0.4 is 11.5 Å². The van der Waals surface area contributed by atoms with Crippen molar-refractivity contribution in [3.63, 3.8) is 0 Å². The van der Waals surface area contributed by atoms with Gasteiger partial charge in [0.2, 0.25) is 0 Å². The molecule has 1 aromatic heterocycles. The van der Waals surface area contributed by atoms with Crippen molar-refractivity contribution >= 4 is 17.6 Å². The fourth-order valence-corrected chi connectivity index (χ4v) is 1.77. The number of aliphatic carboxylic acids is 1. The van der Waals surface area contributed by atoms with Crippen LogP contribution in [0, 0.1) is 6.92 Å². The van der Waals surface area contributed by atoms with E-state index in [-0.39, 0.29) is 18.1 Å². The molecule has 0 fully saturated rings. The van der Waals surface area contributed by atoms with E-state index in [4.69, 9.17) is 16.6 Å². The summed E-state index contributed by atoms with van der Waals surface area (Å²) in [4.78, 5) is 10.7. The van der Waals surface area contributed by atoms with Crippen LogP contribution in [-0.4, -0.2) is 20.9 Å². The highest BCUT2D eigenvalue weighted by molar-refractivity contribution is 5.75. The molecule has 94 valence electrons. The minimum Gasteiger partial charge on any atom is -0.481 e. The molecule has 0 aliphatic rings. The third kappa shape index (κ3) is 2.13. The van der Waals surface area contributed by atoms with Gasteiger partial charge in [-0.3, -0.25) is 4.79 Å². The molecular formula is C12H14N4O2. The van der Waals surface area contributed by atoms with Gasteiger partial charge in [0.1, 0.15) is 5.82 Å². The molecule has 2 rings (SSSR count). The largest absolute Gasteiger partial charge is 0.481 e. The molecule has 0 saturated carbocycles. The summed E-state index contributed by atoms with van der Waals surface area (Å²) in [5.74, 6) is -0.575. The predicted octanol–water partition coefficient (Wildman–Crippen LogP) is 0.972. The highest BCUT2D eigenvalue weighted by Gasteiger charge is 2.16. The van der Waals surface area contributed by atoms with Crippen LogP contribution in [0.25, 0.3) is 5.69 Å². The lowest BCUT2D eigenvalue weighted by molar-refractivity contribution is -0.136. The lowest BCUT2D eigenvalue weighted by atomic mass is 10.2. The molecule has 6 nitrogen and oxygen atoms in total. The summed E-state index contributed by atoms with van der Waals surface area (Å²) in [5.41, 5.74) is 13.7. The summed E-state index contributed by atoms with van der Waals surface area (Å²) in [6, 6.07) is 7.55. The molecule has 0 spiro atoms. The molecule has 0 bridgehead atoms. The summed E-state index contributed by atoms with van der Waals surface area (Å²) in [7, 11) is 0. The van der Waals surface area contributed by atoms with Gasteiger partial charge in [-0.1, -0.05) is 12.1 Å². The third-order valence-corrected chi connectivity index (χ3v) is 2.63. The first-order valence-electron chi connectivity index (χ1n) is 5.40. The van der Waals surface area contributed by atoms with Gasteiger partial charge >= 0.3 is 5.97 Å². The Morgan fingerprint density at radius 1 is 1.44 bits per heavy atom. The van der Waals surface area contributed by atoms with Crippen LogP contribution in [0.5, 0.6) is 0 Å². The number of carbonyl (C=O) groups is 1. The minimum atomic E-state index is -0.989. The maximum Gasteiger partial charge on any atom is 0.308 e. The Labute approximate surface area is 104 Å². The Morgan fingerprint density at radius 3 is 2.78 bits per heavy atom. The van der Waals surface area contributed by atoms with Crippen LogP contribution >= 0.6 is 0 Å².